The zero-order valence-corrected chi connectivity index (χ0v) is 23.5. The molecule has 0 saturated carbocycles. The van der Waals surface area contributed by atoms with Crippen molar-refractivity contribution in [2.24, 2.45) is 0 Å². The summed E-state index contributed by atoms with van der Waals surface area (Å²) in [5, 5.41) is 11.6. The lowest BCUT2D eigenvalue weighted by Crippen LogP contribution is -2.44. The third-order valence-corrected chi connectivity index (χ3v) is 7.65. The molecule has 3 aromatic rings. The average molecular weight is 541 g/mol. The zero-order chi connectivity index (χ0) is 28.4. The highest BCUT2D eigenvalue weighted by Crippen LogP contribution is 2.43. The van der Waals surface area contributed by atoms with Crippen molar-refractivity contribution in [3.05, 3.63) is 89.3 Å². The van der Waals surface area contributed by atoms with Gasteiger partial charge in [0.15, 0.2) is 0 Å². The number of ketones is 1. The first-order chi connectivity index (χ1) is 19.3. The number of aliphatic hydroxyl groups is 1. The summed E-state index contributed by atoms with van der Waals surface area (Å²) in [7, 11) is 2.12. The number of hydrogen-bond acceptors (Lipinski definition) is 7. The van der Waals surface area contributed by atoms with Crippen molar-refractivity contribution in [3.63, 3.8) is 0 Å². The predicted octanol–water partition coefficient (Wildman–Crippen LogP) is 4.98. The molecule has 8 nitrogen and oxygen atoms in total. The largest absolute Gasteiger partial charge is 0.507 e. The molecule has 2 aliphatic heterocycles. The Morgan fingerprint density at radius 1 is 1.02 bits per heavy atom. The molecular weight excluding hydrogens is 504 g/mol. The molecule has 2 aliphatic rings. The average Bonchev–Trinajstić information content (AvgIpc) is 3.24. The van der Waals surface area contributed by atoms with Crippen LogP contribution in [0.2, 0.25) is 0 Å². The van der Waals surface area contributed by atoms with Gasteiger partial charge in [0.05, 0.1) is 18.2 Å². The van der Waals surface area contributed by atoms with E-state index in [1.807, 2.05) is 57.2 Å². The van der Waals surface area contributed by atoms with Crippen molar-refractivity contribution < 1.29 is 19.4 Å². The molecule has 0 bridgehead atoms. The number of Topliss-reactive ketones (excluding diaryl/α,β-unsaturated/α-hetero) is 1. The SMILES string of the molecule is CCOc1ccc(/C(O)=C2/C(=O)C(=O)N(c3ccc(N4CCN(C)CC4)cc3)C2c2cccnc2)cc1C(C)C. The van der Waals surface area contributed by atoms with Gasteiger partial charge >= 0.3 is 0 Å². The summed E-state index contributed by atoms with van der Waals surface area (Å²) in [6, 6.07) is 15.8. The minimum absolute atomic E-state index is 0.0417. The molecule has 40 heavy (non-hydrogen) atoms. The Morgan fingerprint density at radius 2 is 1.73 bits per heavy atom. The fraction of sp³-hybridized carbons (Fsp3) is 0.344. The number of piperazine rings is 1. The summed E-state index contributed by atoms with van der Waals surface area (Å²) in [6.07, 6.45) is 3.27. The first kappa shape index (κ1) is 27.4. The number of carbonyl (C=O) groups is 2. The summed E-state index contributed by atoms with van der Waals surface area (Å²) in [6.45, 7) is 10.4. The normalized spacial score (nSPS) is 19.5. The second-order valence-corrected chi connectivity index (χ2v) is 10.6. The minimum Gasteiger partial charge on any atom is -0.507 e. The lowest BCUT2D eigenvalue weighted by molar-refractivity contribution is -0.132. The van der Waals surface area contributed by atoms with E-state index in [9.17, 15) is 14.7 Å². The van der Waals surface area contributed by atoms with Crippen LogP contribution in [0.3, 0.4) is 0 Å². The van der Waals surface area contributed by atoms with Gasteiger partial charge in [-0.15, -0.1) is 0 Å². The fourth-order valence-corrected chi connectivity index (χ4v) is 5.43. The zero-order valence-electron chi connectivity index (χ0n) is 23.5. The summed E-state index contributed by atoms with van der Waals surface area (Å²) in [5.41, 5.74) is 3.72. The topological polar surface area (TPSA) is 86.2 Å². The Labute approximate surface area is 235 Å². The number of hydrogen-bond donors (Lipinski definition) is 1. The molecular formula is C32H36N4O4. The first-order valence-corrected chi connectivity index (χ1v) is 13.8. The molecule has 2 fully saturated rings. The third-order valence-electron chi connectivity index (χ3n) is 7.65. The van der Waals surface area contributed by atoms with Crippen LogP contribution in [0, 0.1) is 0 Å². The Bertz CT molecular complexity index is 1410. The van der Waals surface area contributed by atoms with Gasteiger partial charge in [-0.05, 0) is 79.5 Å². The van der Waals surface area contributed by atoms with E-state index in [-0.39, 0.29) is 17.3 Å². The van der Waals surface area contributed by atoms with Crippen molar-refractivity contribution in [1.29, 1.82) is 0 Å². The molecule has 0 spiro atoms. The predicted molar refractivity (Wildman–Crippen MR) is 157 cm³/mol. The number of amides is 1. The Kier molecular flexibility index (Phi) is 7.89. The number of nitrogens with zero attached hydrogens (tertiary/aromatic N) is 4. The second kappa shape index (κ2) is 11.5. The molecule has 2 saturated heterocycles. The number of anilines is 2. The fourth-order valence-electron chi connectivity index (χ4n) is 5.43. The minimum atomic E-state index is -0.822. The van der Waals surface area contributed by atoms with E-state index in [1.54, 1.807) is 30.6 Å². The molecule has 1 N–H and O–H groups in total. The summed E-state index contributed by atoms with van der Waals surface area (Å²) in [4.78, 5) is 37.4. The highest BCUT2D eigenvalue weighted by Gasteiger charge is 2.47. The van der Waals surface area contributed by atoms with Crippen LogP contribution in [0.1, 0.15) is 49.4 Å². The van der Waals surface area contributed by atoms with Crippen LogP contribution in [0.4, 0.5) is 11.4 Å². The number of likely N-dealkylation sites (N-methyl/N-ethyl adjacent to an activating group) is 1. The van der Waals surface area contributed by atoms with Gasteiger partial charge in [0.2, 0.25) is 0 Å². The van der Waals surface area contributed by atoms with Crippen molar-refractivity contribution >= 4 is 28.8 Å². The standard InChI is InChI=1S/C32H36N4O4/c1-5-40-27-13-8-22(19-26(27)21(2)3)30(37)28-29(23-7-6-14-33-20-23)36(32(39)31(28)38)25-11-9-24(10-12-25)35-17-15-34(4)16-18-35/h6-14,19-21,29,37H,5,15-18H2,1-4H3/b30-28-. The third kappa shape index (κ3) is 5.19. The molecule has 0 aliphatic carbocycles. The smallest absolute Gasteiger partial charge is 0.300 e. The highest BCUT2D eigenvalue weighted by molar-refractivity contribution is 6.51. The summed E-state index contributed by atoms with van der Waals surface area (Å²) >= 11 is 0. The van der Waals surface area contributed by atoms with Crippen molar-refractivity contribution in [1.82, 2.24) is 9.88 Å². The van der Waals surface area contributed by atoms with E-state index < -0.39 is 17.7 Å². The van der Waals surface area contributed by atoms with Gasteiger partial charge in [-0.25, -0.2) is 0 Å². The van der Waals surface area contributed by atoms with Crippen LogP contribution < -0.4 is 14.5 Å². The van der Waals surface area contributed by atoms with E-state index in [4.69, 9.17) is 4.74 Å². The van der Waals surface area contributed by atoms with Gasteiger partial charge in [0.25, 0.3) is 11.7 Å². The second-order valence-electron chi connectivity index (χ2n) is 10.6. The number of carbonyl (C=O) groups excluding carboxylic acids is 2. The first-order valence-electron chi connectivity index (χ1n) is 13.8. The van der Waals surface area contributed by atoms with E-state index in [0.717, 1.165) is 43.2 Å². The van der Waals surface area contributed by atoms with Crippen LogP contribution in [0.5, 0.6) is 5.75 Å². The summed E-state index contributed by atoms with van der Waals surface area (Å²) < 4.78 is 5.78. The van der Waals surface area contributed by atoms with Gasteiger partial charge in [0, 0.05) is 55.5 Å². The maximum atomic E-state index is 13.6. The van der Waals surface area contributed by atoms with E-state index in [2.05, 4.69) is 21.8 Å². The monoisotopic (exact) mass is 540 g/mol. The van der Waals surface area contributed by atoms with Crippen LogP contribution in [0.15, 0.2) is 72.6 Å². The molecule has 208 valence electrons. The molecule has 1 unspecified atom stereocenters. The summed E-state index contributed by atoms with van der Waals surface area (Å²) in [5.74, 6) is -0.760. The van der Waals surface area contributed by atoms with Crippen LogP contribution >= 0.6 is 0 Å². The molecule has 2 aromatic carbocycles. The van der Waals surface area contributed by atoms with E-state index in [1.165, 1.54) is 4.90 Å². The van der Waals surface area contributed by atoms with Crippen LogP contribution in [-0.4, -0.2) is 66.5 Å². The Hall–Kier alpha value is -4.17. The van der Waals surface area contributed by atoms with Crippen molar-refractivity contribution in [3.8, 4) is 5.75 Å². The number of ether oxygens (including phenoxy) is 1. The quantitative estimate of drug-likeness (QED) is 0.257. The maximum absolute atomic E-state index is 13.6. The molecule has 1 aromatic heterocycles. The van der Waals surface area contributed by atoms with Crippen LogP contribution in [-0.2, 0) is 9.59 Å². The lowest BCUT2D eigenvalue weighted by atomic mass is 9.93. The number of aromatic nitrogens is 1. The molecule has 0 radical (unpaired) electrons. The van der Waals surface area contributed by atoms with Crippen LogP contribution in [0.25, 0.3) is 5.76 Å². The highest BCUT2D eigenvalue weighted by atomic mass is 16.5. The Balaban J connectivity index is 1.57. The maximum Gasteiger partial charge on any atom is 0.300 e. The van der Waals surface area contributed by atoms with Gasteiger partial charge in [0.1, 0.15) is 11.5 Å². The van der Waals surface area contributed by atoms with E-state index >= 15 is 0 Å². The molecule has 5 rings (SSSR count). The molecule has 3 heterocycles. The molecule has 8 heteroatoms. The molecule has 1 atom stereocenters. The number of benzene rings is 2. The van der Waals surface area contributed by atoms with Gasteiger partial charge in [-0.1, -0.05) is 19.9 Å². The Morgan fingerprint density at radius 3 is 2.35 bits per heavy atom. The van der Waals surface area contributed by atoms with Crippen molar-refractivity contribution in [2.45, 2.75) is 32.7 Å². The van der Waals surface area contributed by atoms with Gasteiger partial charge in [-0.3, -0.25) is 19.5 Å². The van der Waals surface area contributed by atoms with E-state index in [0.29, 0.717) is 23.4 Å². The number of pyridine rings is 1. The number of rotatable bonds is 7. The van der Waals surface area contributed by atoms with Gasteiger partial charge < -0.3 is 19.6 Å². The lowest BCUT2D eigenvalue weighted by Gasteiger charge is -2.34. The van der Waals surface area contributed by atoms with Crippen molar-refractivity contribution in [2.75, 3.05) is 49.6 Å². The van der Waals surface area contributed by atoms with Gasteiger partial charge in [-0.2, -0.15) is 0 Å². The number of aliphatic hydroxyl groups excluding tert-OH is 1. The molecule has 1 amide bonds.